The summed E-state index contributed by atoms with van der Waals surface area (Å²) in [6.07, 6.45) is 5.68. The van der Waals surface area contributed by atoms with Crippen LogP contribution in [0.2, 0.25) is 0 Å². The summed E-state index contributed by atoms with van der Waals surface area (Å²) in [5, 5.41) is 0. The van der Waals surface area contributed by atoms with Gasteiger partial charge in [0, 0.05) is 18.3 Å². The third-order valence-electron chi connectivity index (χ3n) is 4.25. The largest absolute Gasteiger partial charge is 0.398 e. The summed E-state index contributed by atoms with van der Waals surface area (Å²) in [5.74, 6) is 0. The minimum atomic E-state index is -3.55. The molecule has 0 unspecified atom stereocenters. The Kier molecular flexibility index (Phi) is 4.74. The lowest BCUT2D eigenvalue weighted by Gasteiger charge is -2.28. The molecule has 2 rings (SSSR count). The second-order valence-corrected chi connectivity index (χ2v) is 7.55. The summed E-state index contributed by atoms with van der Waals surface area (Å²) < 4.78 is 27.9. The Hall–Kier alpha value is -1.33. The van der Waals surface area contributed by atoms with Crippen molar-refractivity contribution in [1.29, 1.82) is 0 Å². The van der Waals surface area contributed by atoms with Crippen molar-refractivity contribution in [2.24, 2.45) is 0 Å². The zero-order chi connectivity index (χ0) is 15.6. The summed E-state index contributed by atoms with van der Waals surface area (Å²) in [6.45, 7) is 7.65. The van der Waals surface area contributed by atoms with Crippen LogP contribution in [0.5, 0.6) is 0 Å². The van der Waals surface area contributed by atoms with E-state index in [2.05, 4.69) is 6.58 Å². The van der Waals surface area contributed by atoms with Crippen LogP contribution in [0.25, 0.3) is 0 Å². The maximum absolute atomic E-state index is 13.1. The molecule has 0 radical (unpaired) electrons. The summed E-state index contributed by atoms with van der Waals surface area (Å²) in [5.41, 5.74) is 7.81. The fourth-order valence-electron chi connectivity index (χ4n) is 3.12. The highest BCUT2D eigenvalue weighted by Crippen LogP contribution is 2.32. The van der Waals surface area contributed by atoms with Gasteiger partial charge in [-0.05, 0) is 43.9 Å². The molecule has 2 N–H and O–H groups in total. The van der Waals surface area contributed by atoms with Crippen LogP contribution in [0, 0.1) is 13.8 Å². The molecule has 1 fully saturated rings. The molecule has 1 aliphatic carbocycles. The van der Waals surface area contributed by atoms with E-state index in [9.17, 15) is 8.42 Å². The fraction of sp³-hybridized carbons (Fsp3) is 0.500. The van der Waals surface area contributed by atoms with Crippen LogP contribution < -0.4 is 5.73 Å². The van der Waals surface area contributed by atoms with Gasteiger partial charge >= 0.3 is 0 Å². The minimum Gasteiger partial charge on any atom is -0.398 e. The summed E-state index contributed by atoms with van der Waals surface area (Å²) in [6, 6.07) is 3.61. The van der Waals surface area contributed by atoms with E-state index in [0.717, 1.165) is 31.2 Å². The number of nitrogen functional groups attached to an aromatic ring is 1. The lowest BCUT2D eigenvalue weighted by Crippen LogP contribution is -2.39. The second kappa shape index (κ2) is 6.20. The van der Waals surface area contributed by atoms with Gasteiger partial charge in [-0.25, -0.2) is 8.42 Å². The minimum absolute atomic E-state index is 0.0771. The zero-order valence-electron chi connectivity index (χ0n) is 12.8. The molecule has 0 aromatic heterocycles. The van der Waals surface area contributed by atoms with Gasteiger partial charge in [0.25, 0.3) is 0 Å². The van der Waals surface area contributed by atoms with E-state index in [1.54, 1.807) is 29.4 Å². The summed E-state index contributed by atoms with van der Waals surface area (Å²) in [4.78, 5) is 0.358. The van der Waals surface area contributed by atoms with Crippen molar-refractivity contribution in [3.8, 4) is 0 Å². The number of hydrogen-bond acceptors (Lipinski definition) is 3. The second-order valence-electron chi connectivity index (χ2n) is 5.73. The normalized spacial score (nSPS) is 16.5. The lowest BCUT2D eigenvalue weighted by molar-refractivity contribution is 0.347. The highest BCUT2D eigenvalue weighted by atomic mass is 32.2. The van der Waals surface area contributed by atoms with Gasteiger partial charge < -0.3 is 5.73 Å². The molecule has 0 saturated heterocycles. The highest BCUT2D eigenvalue weighted by molar-refractivity contribution is 7.89. The zero-order valence-corrected chi connectivity index (χ0v) is 13.6. The first-order valence-corrected chi connectivity index (χ1v) is 8.82. The number of sulfonamides is 1. The van der Waals surface area contributed by atoms with E-state index in [1.165, 1.54) is 0 Å². The van der Waals surface area contributed by atoms with E-state index >= 15 is 0 Å². The number of anilines is 1. The first-order valence-electron chi connectivity index (χ1n) is 7.38. The third kappa shape index (κ3) is 2.99. The lowest BCUT2D eigenvalue weighted by atomic mass is 10.1. The molecule has 1 aromatic carbocycles. The molecule has 1 aromatic rings. The van der Waals surface area contributed by atoms with Gasteiger partial charge in [0.2, 0.25) is 10.0 Å². The highest BCUT2D eigenvalue weighted by Gasteiger charge is 2.34. The van der Waals surface area contributed by atoms with E-state index in [1.807, 2.05) is 6.92 Å². The first-order chi connectivity index (χ1) is 9.89. The van der Waals surface area contributed by atoms with Gasteiger partial charge in [0.1, 0.15) is 0 Å². The number of nitrogens with zero attached hydrogens (tertiary/aromatic N) is 1. The van der Waals surface area contributed by atoms with E-state index in [-0.39, 0.29) is 6.04 Å². The summed E-state index contributed by atoms with van der Waals surface area (Å²) in [7, 11) is -3.55. The molecule has 0 aliphatic heterocycles. The van der Waals surface area contributed by atoms with E-state index in [4.69, 9.17) is 5.73 Å². The van der Waals surface area contributed by atoms with Crippen LogP contribution in [0.4, 0.5) is 5.69 Å². The van der Waals surface area contributed by atoms with Crippen molar-refractivity contribution in [3.05, 3.63) is 35.9 Å². The maximum atomic E-state index is 13.1. The van der Waals surface area contributed by atoms with Crippen molar-refractivity contribution in [3.63, 3.8) is 0 Å². The molecule has 0 amide bonds. The Morgan fingerprint density at radius 3 is 2.52 bits per heavy atom. The van der Waals surface area contributed by atoms with Gasteiger partial charge in [0.05, 0.1) is 4.90 Å². The Labute approximate surface area is 127 Å². The Morgan fingerprint density at radius 2 is 1.95 bits per heavy atom. The van der Waals surface area contributed by atoms with Crippen molar-refractivity contribution in [2.45, 2.75) is 50.5 Å². The first kappa shape index (κ1) is 16.0. The molecule has 4 nitrogen and oxygen atoms in total. The van der Waals surface area contributed by atoms with Crippen molar-refractivity contribution < 1.29 is 8.42 Å². The van der Waals surface area contributed by atoms with Crippen molar-refractivity contribution >= 4 is 15.7 Å². The molecular weight excluding hydrogens is 284 g/mol. The number of rotatable bonds is 5. The van der Waals surface area contributed by atoms with Gasteiger partial charge in [-0.2, -0.15) is 4.31 Å². The number of aryl methyl sites for hydroxylation is 1. The monoisotopic (exact) mass is 308 g/mol. The van der Waals surface area contributed by atoms with Crippen LogP contribution in [0.1, 0.15) is 36.8 Å². The van der Waals surface area contributed by atoms with Crippen LogP contribution in [-0.4, -0.2) is 25.3 Å². The average molecular weight is 308 g/mol. The third-order valence-corrected chi connectivity index (χ3v) is 6.46. The molecule has 0 bridgehead atoms. The van der Waals surface area contributed by atoms with Crippen LogP contribution >= 0.6 is 0 Å². The number of benzene rings is 1. The molecule has 5 heteroatoms. The molecule has 1 saturated carbocycles. The Balaban J connectivity index is 2.53. The SMILES string of the molecule is C=CCN(C1CCCC1)S(=O)(=O)c1c(C)ccc(N)c1C. The van der Waals surface area contributed by atoms with Gasteiger partial charge in [-0.1, -0.05) is 25.0 Å². The number of hydrogen-bond donors (Lipinski definition) is 1. The van der Waals surface area contributed by atoms with E-state index in [0.29, 0.717) is 22.7 Å². The standard InChI is InChI=1S/C16H24N2O2S/c1-4-11-18(14-7-5-6-8-14)21(19,20)16-12(2)9-10-15(17)13(16)3/h4,9-10,14H,1,5-8,11,17H2,2-3H3. The van der Waals surface area contributed by atoms with Crippen LogP contribution in [-0.2, 0) is 10.0 Å². The number of nitrogens with two attached hydrogens (primary N) is 1. The van der Waals surface area contributed by atoms with Gasteiger partial charge in [-0.15, -0.1) is 6.58 Å². The summed E-state index contributed by atoms with van der Waals surface area (Å²) >= 11 is 0. The predicted octanol–water partition coefficient (Wildman–Crippen LogP) is 3.00. The molecule has 0 heterocycles. The fourth-order valence-corrected chi connectivity index (χ4v) is 5.24. The topological polar surface area (TPSA) is 63.4 Å². The van der Waals surface area contributed by atoms with Gasteiger partial charge in [-0.3, -0.25) is 0 Å². The predicted molar refractivity (Wildman–Crippen MR) is 86.7 cm³/mol. The molecule has 1 aliphatic rings. The average Bonchev–Trinajstić information content (AvgIpc) is 2.94. The quantitative estimate of drug-likeness (QED) is 0.672. The Bertz CT molecular complexity index is 632. The van der Waals surface area contributed by atoms with Crippen LogP contribution in [0.3, 0.4) is 0 Å². The Morgan fingerprint density at radius 1 is 1.33 bits per heavy atom. The molecule has 0 atom stereocenters. The molecular formula is C16H24N2O2S. The molecule has 116 valence electrons. The van der Waals surface area contributed by atoms with E-state index < -0.39 is 10.0 Å². The van der Waals surface area contributed by atoms with Gasteiger partial charge in [0.15, 0.2) is 0 Å². The van der Waals surface area contributed by atoms with Crippen LogP contribution in [0.15, 0.2) is 29.7 Å². The van der Waals surface area contributed by atoms with Crippen molar-refractivity contribution in [1.82, 2.24) is 4.31 Å². The smallest absolute Gasteiger partial charge is 0.244 e. The molecule has 0 spiro atoms. The van der Waals surface area contributed by atoms with Crippen molar-refractivity contribution in [2.75, 3.05) is 12.3 Å². The molecule has 21 heavy (non-hydrogen) atoms. The maximum Gasteiger partial charge on any atom is 0.244 e.